The number of sulfonamides is 2. The van der Waals surface area contributed by atoms with Crippen LogP contribution in [-0.2, 0) is 20.0 Å². The van der Waals surface area contributed by atoms with Crippen LogP contribution in [-0.4, -0.2) is 35.9 Å². The largest absolute Gasteiger partial charge is 0.284 e. The summed E-state index contributed by atoms with van der Waals surface area (Å²) < 4.78 is 48.6. The van der Waals surface area contributed by atoms with E-state index < -0.39 is 20.0 Å². The van der Waals surface area contributed by atoms with Gasteiger partial charge in [0.25, 0.3) is 0 Å². The zero-order valence-electron chi connectivity index (χ0n) is 10.8. The molecule has 1 aromatic carbocycles. The van der Waals surface area contributed by atoms with Gasteiger partial charge in [-0.1, -0.05) is 12.1 Å². The molecule has 0 spiro atoms. The molecule has 0 saturated heterocycles. The highest BCUT2D eigenvalue weighted by molar-refractivity contribution is 7.92. The molecule has 1 radical (unpaired) electrons. The maximum Gasteiger partial charge on any atom is 0.229 e. The average Bonchev–Trinajstić information content (AvgIpc) is 2.21. The Morgan fingerprint density at radius 1 is 1.11 bits per heavy atom. The van der Waals surface area contributed by atoms with Gasteiger partial charge >= 0.3 is 0 Å². The van der Waals surface area contributed by atoms with E-state index in [0.29, 0.717) is 18.7 Å². The summed E-state index contributed by atoms with van der Waals surface area (Å²) in [5.74, 6) is 0. The maximum absolute atomic E-state index is 11.1. The molecule has 1 rings (SSSR count). The van der Waals surface area contributed by atoms with Crippen LogP contribution in [0, 0.1) is 6.42 Å². The highest BCUT2D eigenvalue weighted by atomic mass is 32.2. The van der Waals surface area contributed by atoms with Crippen LogP contribution in [0.4, 0.5) is 5.69 Å². The van der Waals surface area contributed by atoms with Gasteiger partial charge in [0.05, 0.1) is 12.5 Å². The molecule has 0 heterocycles. The van der Waals surface area contributed by atoms with Crippen molar-refractivity contribution in [3.05, 3.63) is 36.2 Å². The Bertz CT molecular complexity index is 624. The van der Waals surface area contributed by atoms with Gasteiger partial charge in [0.1, 0.15) is 0 Å². The van der Waals surface area contributed by atoms with Gasteiger partial charge in [-0.15, -0.1) is 0 Å². The van der Waals surface area contributed by atoms with Crippen LogP contribution in [0.5, 0.6) is 0 Å². The van der Waals surface area contributed by atoms with Crippen LogP contribution in [0.1, 0.15) is 12.0 Å². The summed E-state index contributed by atoms with van der Waals surface area (Å²) in [4.78, 5) is 0. The zero-order valence-corrected chi connectivity index (χ0v) is 12.4. The lowest BCUT2D eigenvalue weighted by atomic mass is 10.1. The zero-order chi connectivity index (χ0) is 14.5. The second kappa shape index (κ2) is 6.36. The maximum atomic E-state index is 11.1. The fourth-order valence-corrected chi connectivity index (χ4v) is 2.47. The monoisotopic (exact) mass is 305 g/mol. The van der Waals surface area contributed by atoms with E-state index in [1.165, 1.54) is 0 Å². The molecule has 0 unspecified atom stereocenters. The molecule has 107 valence electrons. The lowest BCUT2D eigenvalue weighted by molar-refractivity contribution is 0.587. The van der Waals surface area contributed by atoms with Crippen molar-refractivity contribution < 1.29 is 16.8 Å². The van der Waals surface area contributed by atoms with Crippen molar-refractivity contribution in [1.29, 1.82) is 0 Å². The van der Waals surface area contributed by atoms with E-state index in [0.717, 1.165) is 18.1 Å². The first-order valence-corrected chi connectivity index (χ1v) is 9.30. The summed E-state index contributed by atoms with van der Waals surface area (Å²) in [5.41, 5.74) is 1.30. The van der Waals surface area contributed by atoms with E-state index in [2.05, 4.69) is 9.44 Å². The van der Waals surface area contributed by atoms with E-state index in [1.807, 2.05) is 12.5 Å². The summed E-state index contributed by atoms with van der Waals surface area (Å²) in [7, 11) is -6.47. The number of nitrogens with one attached hydrogen (secondary N) is 2. The summed E-state index contributed by atoms with van der Waals surface area (Å²) in [5, 5.41) is 0. The molecule has 0 aliphatic rings. The van der Waals surface area contributed by atoms with Gasteiger partial charge in [0.15, 0.2) is 0 Å². The molecule has 0 aliphatic carbocycles. The number of hydrogen-bond donors (Lipinski definition) is 2. The van der Waals surface area contributed by atoms with Crippen LogP contribution < -0.4 is 9.44 Å². The van der Waals surface area contributed by atoms with Crippen LogP contribution in [0.25, 0.3) is 0 Å². The normalized spacial score (nSPS) is 12.3. The van der Waals surface area contributed by atoms with Crippen LogP contribution in [0.2, 0.25) is 0 Å². The van der Waals surface area contributed by atoms with E-state index in [-0.39, 0.29) is 0 Å². The topological polar surface area (TPSA) is 92.3 Å². The van der Waals surface area contributed by atoms with Crippen molar-refractivity contribution in [1.82, 2.24) is 4.72 Å². The quantitative estimate of drug-likeness (QED) is 0.720. The molecule has 1 aromatic rings. The highest BCUT2D eigenvalue weighted by Gasteiger charge is 2.03. The summed E-state index contributed by atoms with van der Waals surface area (Å²) in [6, 6.07) is 6.87. The lowest BCUT2D eigenvalue weighted by Gasteiger charge is -2.06. The van der Waals surface area contributed by atoms with Gasteiger partial charge in [0, 0.05) is 12.2 Å². The second-order valence-electron chi connectivity index (χ2n) is 4.16. The molecular formula is C11H17N2O4S2. The third kappa shape index (κ3) is 7.81. The first kappa shape index (κ1) is 15.9. The second-order valence-corrected chi connectivity index (χ2v) is 7.74. The molecule has 0 bridgehead atoms. The van der Waals surface area contributed by atoms with Gasteiger partial charge in [0.2, 0.25) is 20.0 Å². The molecule has 0 atom stereocenters. The molecule has 6 nitrogen and oxygen atoms in total. The predicted molar refractivity (Wildman–Crippen MR) is 75.8 cm³/mol. The highest BCUT2D eigenvalue weighted by Crippen LogP contribution is 2.14. The van der Waals surface area contributed by atoms with Crippen LogP contribution >= 0.6 is 0 Å². The minimum Gasteiger partial charge on any atom is -0.284 e. The number of benzene rings is 1. The number of anilines is 1. The lowest BCUT2D eigenvalue weighted by Crippen LogP contribution is -2.23. The van der Waals surface area contributed by atoms with Crippen LogP contribution in [0.3, 0.4) is 0 Å². The molecule has 2 N–H and O–H groups in total. The summed E-state index contributed by atoms with van der Waals surface area (Å²) in [6.07, 6.45) is 4.53. The first-order valence-electron chi connectivity index (χ1n) is 5.51. The SMILES string of the molecule is CS(=O)(=O)NCC[CH]c1cccc(NS(C)(=O)=O)c1. The number of hydrogen-bond acceptors (Lipinski definition) is 4. The Hall–Kier alpha value is -1.12. The third-order valence-corrected chi connectivity index (χ3v) is 3.41. The van der Waals surface area contributed by atoms with Crippen LogP contribution in [0.15, 0.2) is 24.3 Å². The molecule has 0 saturated carbocycles. The molecule has 19 heavy (non-hydrogen) atoms. The van der Waals surface area contributed by atoms with Crippen molar-refractivity contribution in [2.45, 2.75) is 6.42 Å². The predicted octanol–water partition coefficient (Wildman–Crippen LogP) is 0.550. The van der Waals surface area contributed by atoms with E-state index in [9.17, 15) is 16.8 Å². The van der Waals surface area contributed by atoms with Gasteiger partial charge in [-0.05, 0) is 30.5 Å². The Kier molecular flexibility index (Phi) is 5.33. The van der Waals surface area contributed by atoms with E-state index in [1.54, 1.807) is 18.2 Å². The van der Waals surface area contributed by atoms with Gasteiger partial charge in [-0.3, -0.25) is 4.72 Å². The molecule has 8 heteroatoms. The van der Waals surface area contributed by atoms with Crippen molar-refractivity contribution in [3.8, 4) is 0 Å². The standard InChI is InChI=1S/C11H17N2O4S2/c1-18(14,15)12-8-4-6-10-5-3-7-11(9-10)13-19(2,16)17/h3,5-7,9,12-13H,4,8H2,1-2H3. The summed E-state index contributed by atoms with van der Waals surface area (Å²) >= 11 is 0. The third-order valence-electron chi connectivity index (χ3n) is 2.08. The Morgan fingerprint density at radius 3 is 2.37 bits per heavy atom. The van der Waals surface area contributed by atoms with Crippen molar-refractivity contribution in [2.24, 2.45) is 0 Å². The Morgan fingerprint density at radius 2 is 1.79 bits per heavy atom. The van der Waals surface area contributed by atoms with E-state index >= 15 is 0 Å². The van der Waals surface area contributed by atoms with Gasteiger partial charge in [-0.2, -0.15) is 0 Å². The molecule has 0 aliphatic heterocycles. The summed E-state index contributed by atoms with van der Waals surface area (Å²) in [6.45, 7) is 0.308. The van der Waals surface area contributed by atoms with Gasteiger partial charge in [-0.25, -0.2) is 21.6 Å². The van der Waals surface area contributed by atoms with Gasteiger partial charge < -0.3 is 0 Å². The van der Waals surface area contributed by atoms with Crippen molar-refractivity contribution in [2.75, 3.05) is 23.8 Å². The minimum absolute atomic E-state index is 0.308. The Balaban J connectivity index is 2.53. The first-order chi connectivity index (χ1) is 8.66. The fraction of sp³-hybridized carbons (Fsp3) is 0.364. The number of rotatable bonds is 7. The fourth-order valence-electron chi connectivity index (χ4n) is 1.43. The van der Waals surface area contributed by atoms with Crippen molar-refractivity contribution in [3.63, 3.8) is 0 Å². The molecular weight excluding hydrogens is 288 g/mol. The van der Waals surface area contributed by atoms with E-state index in [4.69, 9.17) is 0 Å². The molecule has 0 fully saturated rings. The smallest absolute Gasteiger partial charge is 0.229 e. The minimum atomic E-state index is -3.29. The average molecular weight is 305 g/mol. The molecule has 0 aromatic heterocycles. The molecule has 0 amide bonds. The Labute approximate surface area is 114 Å². The van der Waals surface area contributed by atoms with Crippen molar-refractivity contribution >= 4 is 25.7 Å².